The molecule has 4 nitrogen and oxygen atoms in total. The summed E-state index contributed by atoms with van der Waals surface area (Å²) in [5.41, 5.74) is 9.09. The Hall–Kier alpha value is -1.88. The summed E-state index contributed by atoms with van der Waals surface area (Å²) in [5.74, 6) is 0.833. The number of hydrogen-bond donors (Lipinski definition) is 2. The average molecular weight is 287 g/mol. The van der Waals surface area contributed by atoms with Gasteiger partial charge in [-0.05, 0) is 28.8 Å². The number of aliphatic hydroxyl groups excluding tert-OH is 1. The summed E-state index contributed by atoms with van der Waals surface area (Å²) in [6, 6.07) is 15.3. The van der Waals surface area contributed by atoms with Gasteiger partial charge in [-0.1, -0.05) is 36.4 Å². The van der Waals surface area contributed by atoms with Gasteiger partial charge in [0.1, 0.15) is 5.75 Å². The zero-order valence-electron chi connectivity index (χ0n) is 12.3. The number of nitrogens with two attached hydrogens (primary N) is 1. The highest BCUT2D eigenvalue weighted by Gasteiger charge is 2.16. The fourth-order valence-corrected chi connectivity index (χ4v) is 2.18. The van der Waals surface area contributed by atoms with Crippen LogP contribution in [0.2, 0.25) is 0 Å². The molecule has 112 valence electrons. The minimum absolute atomic E-state index is 0.224. The number of rotatable bonds is 6. The van der Waals surface area contributed by atoms with E-state index < -0.39 is 12.1 Å². The first-order valence-electron chi connectivity index (χ1n) is 6.82. The first kappa shape index (κ1) is 15.5. The Bertz CT molecular complexity index is 551. The highest BCUT2D eigenvalue weighted by Crippen LogP contribution is 2.24. The summed E-state index contributed by atoms with van der Waals surface area (Å²) in [7, 11) is 3.19. The van der Waals surface area contributed by atoms with Gasteiger partial charge < -0.3 is 20.3 Å². The Morgan fingerprint density at radius 3 is 1.95 bits per heavy atom. The van der Waals surface area contributed by atoms with Crippen LogP contribution >= 0.6 is 0 Å². The Balaban J connectivity index is 2.14. The van der Waals surface area contributed by atoms with Gasteiger partial charge in [0.05, 0.1) is 25.9 Å². The number of ether oxygens (including phenoxy) is 2. The molecule has 2 rings (SSSR count). The van der Waals surface area contributed by atoms with Crippen molar-refractivity contribution in [2.75, 3.05) is 20.8 Å². The topological polar surface area (TPSA) is 64.7 Å². The summed E-state index contributed by atoms with van der Waals surface area (Å²) >= 11 is 0. The van der Waals surface area contributed by atoms with Crippen molar-refractivity contribution in [1.82, 2.24) is 0 Å². The molecule has 0 amide bonds. The van der Waals surface area contributed by atoms with Crippen LogP contribution in [0.3, 0.4) is 0 Å². The van der Waals surface area contributed by atoms with E-state index in [1.807, 2.05) is 48.5 Å². The van der Waals surface area contributed by atoms with Gasteiger partial charge in [0.2, 0.25) is 0 Å². The number of aliphatic hydroxyl groups is 1. The quantitative estimate of drug-likeness (QED) is 0.856. The molecule has 0 bridgehead atoms. The lowest BCUT2D eigenvalue weighted by atomic mass is 9.98. The molecule has 0 unspecified atom stereocenters. The molecule has 3 N–H and O–H groups in total. The van der Waals surface area contributed by atoms with E-state index in [0.717, 1.165) is 22.4 Å². The molecular formula is C17H21NO3. The molecule has 0 aliphatic carbocycles. The van der Waals surface area contributed by atoms with Gasteiger partial charge in [0.15, 0.2) is 0 Å². The monoisotopic (exact) mass is 287 g/mol. The summed E-state index contributed by atoms with van der Waals surface area (Å²) in [4.78, 5) is 0. The molecule has 0 heterocycles. The van der Waals surface area contributed by atoms with E-state index in [4.69, 9.17) is 15.2 Å². The van der Waals surface area contributed by atoms with Crippen LogP contribution in [-0.2, 0) is 4.74 Å². The first-order valence-corrected chi connectivity index (χ1v) is 6.82. The van der Waals surface area contributed by atoms with Crippen LogP contribution in [0.15, 0.2) is 48.5 Å². The summed E-state index contributed by atoms with van der Waals surface area (Å²) in [6.45, 7) is 0.224. The summed E-state index contributed by atoms with van der Waals surface area (Å²) in [6.07, 6.45) is -0.707. The van der Waals surface area contributed by atoms with Crippen molar-refractivity contribution >= 4 is 0 Å². The van der Waals surface area contributed by atoms with E-state index in [2.05, 4.69) is 0 Å². The van der Waals surface area contributed by atoms with Crippen LogP contribution < -0.4 is 10.5 Å². The molecule has 0 radical (unpaired) electrons. The fraction of sp³-hybridized carbons (Fsp3) is 0.294. The molecule has 0 saturated carbocycles. The first-order chi connectivity index (χ1) is 10.2. The van der Waals surface area contributed by atoms with Gasteiger partial charge in [-0.25, -0.2) is 0 Å². The largest absolute Gasteiger partial charge is 0.497 e. The molecule has 4 heteroatoms. The maximum Gasteiger partial charge on any atom is 0.118 e. The van der Waals surface area contributed by atoms with E-state index in [-0.39, 0.29) is 6.61 Å². The van der Waals surface area contributed by atoms with Crippen molar-refractivity contribution in [2.45, 2.75) is 12.1 Å². The SMILES string of the molecule is COC[C@H](O)[C@H](N)c1ccc(-c2ccc(OC)cc2)cc1. The second-order valence-corrected chi connectivity index (χ2v) is 4.90. The van der Waals surface area contributed by atoms with E-state index in [9.17, 15) is 5.11 Å². The molecule has 2 aromatic rings. The number of hydrogen-bond acceptors (Lipinski definition) is 4. The number of methoxy groups -OCH3 is 2. The van der Waals surface area contributed by atoms with Gasteiger partial charge >= 0.3 is 0 Å². The minimum atomic E-state index is -0.707. The zero-order chi connectivity index (χ0) is 15.2. The maximum absolute atomic E-state index is 9.85. The molecule has 21 heavy (non-hydrogen) atoms. The van der Waals surface area contributed by atoms with Crippen molar-refractivity contribution in [3.63, 3.8) is 0 Å². The van der Waals surface area contributed by atoms with Gasteiger partial charge in [0, 0.05) is 7.11 Å². The van der Waals surface area contributed by atoms with Gasteiger partial charge in [-0.15, -0.1) is 0 Å². The Labute approximate surface area is 125 Å². The predicted molar refractivity (Wildman–Crippen MR) is 83.2 cm³/mol. The fourth-order valence-electron chi connectivity index (χ4n) is 2.18. The van der Waals surface area contributed by atoms with Gasteiger partial charge in [0.25, 0.3) is 0 Å². The van der Waals surface area contributed by atoms with Crippen molar-refractivity contribution in [3.05, 3.63) is 54.1 Å². The van der Waals surface area contributed by atoms with Gasteiger partial charge in [-0.3, -0.25) is 0 Å². The third-order valence-electron chi connectivity index (χ3n) is 3.47. The van der Waals surface area contributed by atoms with Crippen molar-refractivity contribution in [3.8, 4) is 16.9 Å². The van der Waals surface area contributed by atoms with Crippen molar-refractivity contribution in [2.24, 2.45) is 5.73 Å². The zero-order valence-corrected chi connectivity index (χ0v) is 12.3. The molecule has 0 aliphatic heterocycles. The molecule has 0 aliphatic rings. The van der Waals surface area contributed by atoms with Crippen LogP contribution in [0.25, 0.3) is 11.1 Å². The molecule has 2 atom stereocenters. The molecule has 2 aromatic carbocycles. The van der Waals surface area contributed by atoms with Crippen LogP contribution in [0, 0.1) is 0 Å². The van der Waals surface area contributed by atoms with E-state index >= 15 is 0 Å². The summed E-state index contributed by atoms with van der Waals surface area (Å²) < 4.78 is 10.1. The van der Waals surface area contributed by atoms with Crippen LogP contribution in [-0.4, -0.2) is 32.0 Å². The minimum Gasteiger partial charge on any atom is -0.497 e. The molecule has 0 saturated heterocycles. The van der Waals surface area contributed by atoms with E-state index in [1.165, 1.54) is 0 Å². The molecular weight excluding hydrogens is 266 g/mol. The van der Waals surface area contributed by atoms with Crippen molar-refractivity contribution < 1.29 is 14.6 Å². The predicted octanol–water partition coefficient (Wildman–Crippen LogP) is 2.37. The van der Waals surface area contributed by atoms with E-state index in [0.29, 0.717) is 0 Å². The smallest absolute Gasteiger partial charge is 0.118 e. The Kier molecular flexibility index (Phi) is 5.33. The second kappa shape index (κ2) is 7.22. The standard InChI is InChI=1S/C17H21NO3/c1-20-11-16(19)17(18)14-5-3-12(4-6-14)13-7-9-15(21-2)10-8-13/h3-10,16-17,19H,11,18H2,1-2H3/t16-,17+/m0/s1. The molecule has 0 fully saturated rings. The lowest BCUT2D eigenvalue weighted by Crippen LogP contribution is -2.29. The highest BCUT2D eigenvalue weighted by molar-refractivity contribution is 5.64. The third-order valence-corrected chi connectivity index (χ3v) is 3.47. The Morgan fingerprint density at radius 1 is 0.952 bits per heavy atom. The van der Waals surface area contributed by atoms with Crippen LogP contribution in [0.5, 0.6) is 5.75 Å². The molecule has 0 spiro atoms. The van der Waals surface area contributed by atoms with E-state index in [1.54, 1.807) is 14.2 Å². The highest BCUT2D eigenvalue weighted by atomic mass is 16.5. The van der Waals surface area contributed by atoms with Crippen LogP contribution in [0.1, 0.15) is 11.6 Å². The lowest BCUT2D eigenvalue weighted by Gasteiger charge is -2.18. The van der Waals surface area contributed by atoms with Crippen LogP contribution in [0.4, 0.5) is 0 Å². The van der Waals surface area contributed by atoms with Crippen molar-refractivity contribution in [1.29, 1.82) is 0 Å². The lowest BCUT2D eigenvalue weighted by molar-refractivity contribution is 0.0477. The third kappa shape index (κ3) is 3.82. The van der Waals surface area contributed by atoms with Gasteiger partial charge in [-0.2, -0.15) is 0 Å². The summed E-state index contributed by atoms with van der Waals surface area (Å²) in [5, 5.41) is 9.85. The molecule has 0 aromatic heterocycles. The normalized spacial score (nSPS) is 13.7. The number of benzene rings is 2. The maximum atomic E-state index is 9.85. The average Bonchev–Trinajstić information content (AvgIpc) is 2.54. The second-order valence-electron chi connectivity index (χ2n) is 4.90. The Morgan fingerprint density at radius 2 is 1.48 bits per heavy atom.